The van der Waals surface area contributed by atoms with Crippen LogP contribution in [0, 0.1) is 10.1 Å². The number of aromatic nitrogens is 3. The summed E-state index contributed by atoms with van der Waals surface area (Å²) in [5.41, 5.74) is 1.01. The molecule has 33 heavy (non-hydrogen) atoms. The van der Waals surface area contributed by atoms with E-state index in [9.17, 15) is 28.1 Å². The van der Waals surface area contributed by atoms with Gasteiger partial charge in [0.05, 0.1) is 12.2 Å². The Kier molecular flexibility index (Phi) is 6.15. The number of hydrogen-bond donors (Lipinski definition) is 1. The minimum atomic E-state index is -4.77. The number of hydrogen-bond acceptors (Lipinski definition) is 9. The zero-order chi connectivity index (χ0) is 23.6. The maximum Gasteiger partial charge on any atom is 0.573 e. The molecule has 0 saturated heterocycles. The van der Waals surface area contributed by atoms with Gasteiger partial charge in [-0.05, 0) is 29.2 Å². The van der Waals surface area contributed by atoms with Crippen LogP contribution in [0.5, 0.6) is 11.8 Å². The summed E-state index contributed by atoms with van der Waals surface area (Å²) in [6.07, 6.45) is -4.06. The van der Waals surface area contributed by atoms with E-state index in [1.54, 1.807) is 5.38 Å². The lowest BCUT2D eigenvalue weighted by molar-refractivity contribution is -0.389. The number of thiazole rings is 1. The van der Waals surface area contributed by atoms with Gasteiger partial charge in [-0.15, -0.1) is 24.5 Å². The third kappa shape index (κ3) is 5.75. The SMILES string of the molecule is O=C(COC1COc2nc([N+](=O)[O-])cn2C1)Nc1nc(-c2ccc(OC(F)(F)F)cc2)cs1. The highest BCUT2D eigenvalue weighted by Gasteiger charge is 2.31. The molecule has 0 radical (unpaired) electrons. The number of nitrogens with one attached hydrogen (secondary N) is 1. The summed E-state index contributed by atoms with van der Waals surface area (Å²) in [6, 6.07) is 5.28. The Morgan fingerprint density at radius 1 is 1.33 bits per heavy atom. The van der Waals surface area contributed by atoms with E-state index in [-0.39, 0.29) is 42.5 Å². The van der Waals surface area contributed by atoms with Gasteiger partial charge in [0.15, 0.2) is 5.13 Å². The number of carbonyl (C=O) groups excluding carboxylic acids is 1. The molecule has 1 aromatic carbocycles. The van der Waals surface area contributed by atoms with Gasteiger partial charge in [-0.25, -0.2) is 4.98 Å². The van der Waals surface area contributed by atoms with Gasteiger partial charge in [-0.1, -0.05) is 0 Å². The fourth-order valence-electron chi connectivity index (χ4n) is 2.90. The predicted molar refractivity (Wildman–Crippen MR) is 107 cm³/mol. The number of nitrogens with zero attached hydrogens (tertiary/aromatic N) is 4. The maximum atomic E-state index is 12.2. The minimum Gasteiger partial charge on any atom is -0.443 e. The van der Waals surface area contributed by atoms with Crippen molar-refractivity contribution in [3.05, 3.63) is 46.0 Å². The Bertz CT molecular complexity index is 1160. The van der Waals surface area contributed by atoms with Crippen LogP contribution in [0.4, 0.5) is 24.1 Å². The first-order chi connectivity index (χ1) is 15.7. The average molecular weight is 485 g/mol. The quantitative estimate of drug-likeness (QED) is 0.399. The molecule has 1 unspecified atom stereocenters. The largest absolute Gasteiger partial charge is 0.573 e. The second-order valence-corrected chi connectivity index (χ2v) is 7.55. The van der Waals surface area contributed by atoms with E-state index < -0.39 is 23.3 Å². The topological polar surface area (TPSA) is 131 Å². The predicted octanol–water partition coefficient (Wildman–Crippen LogP) is 3.23. The summed E-state index contributed by atoms with van der Waals surface area (Å²) in [6.45, 7) is 0.00827. The van der Waals surface area contributed by atoms with Crippen LogP contribution < -0.4 is 14.8 Å². The van der Waals surface area contributed by atoms with Crippen molar-refractivity contribution in [3.8, 4) is 23.0 Å². The maximum absolute atomic E-state index is 12.2. The number of ether oxygens (including phenoxy) is 3. The summed E-state index contributed by atoms with van der Waals surface area (Å²) in [5.74, 6) is -1.17. The van der Waals surface area contributed by atoms with Gasteiger partial charge in [-0.2, -0.15) is 0 Å². The number of alkyl halides is 3. The van der Waals surface area contributed by atoms with E-state index >= 15 is 0 Å². The standard InChI is InChI=1S/C18H14F3N5O6S/c19-18(20,21)32-11-3-1-10(2-4-11)13-9-33-16(22-13)24-15(27)8-30-12-5-25-6-14(26(28)29)23-17(25)31-7-12/h1-4,6,9,12H,5,7-8H2,(H,22,24,27). The number of benzene rings is 1. The molecular formula is C18H14F3N5O6S. The summed E-state index contributed by atoms with van der Waals surface area (Å²) >= 11 is 1.13. The molecule has 1 amide bonds. The van der Waals surface area contributed by atoms with Crippen molar-refractivity contribution in [1.82, 2.24) is 14.5 Å². The Morgan fingerprint density at radius 3 is 2.79 bits per heavy atom. The van der Waals surface area contributed by atoms with Crippen LogP contribution in [0.15, 0.2) is 35.8 Å². The minimum absolute atomic E-state index is 0.0803. The molecule has 0 spiro atoms. The highest BCUT2D eigenvalue weighted by atomic mass is 32.1. The lowest BCUT2D eigenvalue weighted by Crippen LogP contribution is -2.34. The number of amides is 1. The summed E-state index contributed by atoms with van der Waals surface area (Å²) in [5, 5.41) is 15.3. The van der Waals surface area contributed by atoms with Gasteiger partial charge in [0.2, 0.25) is 0 Å². The van der Waals surface area contributed by atoms with Crippen LogP contribution in [-0.2, 0) is 16.1 Å². The van der Waals surface area contributed by atoms with Gasteiger partial charge in [0.1, 0.15) is 31.3 Å². The highest BCUT2D eigenvalue weighted by Crippen LogP contribution is 2.29. The number of rotatable bonds is 7. The number of fused-ring (bicyclic) bond motifs is 1. The van der Waals surface area contributed by atoms with E-state index in [1.807, 2.05) is 0 Å². The first-order valence-corrected chi connectivity index (χ1v) is 10.1. The number of imidazole rings is 1. The Balaban J connectivity index is 1.28. The van der Waals surface area contributed by atoms with Crippen LogP contribution >= 0.6 is 11.3 Å². The second-order valence-electron chi connectivity index (χ2n) is 6.69. The van der Waals surface area contributed by atoms with Crippen LogP contribution in [0.2, 0.25) is 0 Å². The third-order valence-corrected chi connectivity index (χ3v) is 5.05. The van der Waals surface area contributed by atoms with E-state index in [0.29, 0.717) is 11.3 Å². The van der Waals surface area contributed by atoms with Crippen molar-refractivity contribution in [3.63, 3.8) is 0 Å². The van der Waals surface area contributed by atoms with E-state index in [0.717, 1.165) is 11.3 Å². The molecule has 3 aromatic rings. The number of anilines is 1. The highest BCUT2D eigenvalue weighted by molar-refractivity contribution is 7.14. The summed E-state index contributed by atoms with van der Waals surface area (Å²) in [4.78, 5) is 30.3. The normalized spacial score (nSPS) is 15.4. The molecule has 0 fully saturated rings. The number of halogens is 3. The Hall–Kier alpha value is -3.72. The monoisotopic (exact) mass is 485 g/mol. The summed E-state index contributed by atoms with van der Waals surface area (Å²) < 4.78 is 52.8. The molecule has 1 aliphatic rings. The smallest absolute Gasteiger partial charge is 0.443 e. The molecular weight excluding hydrogens is 471 g/mol. The molecule has 0 aliphatic carbocycles. The molecule has 1 aliphatic heterocycles. The third-order valence-electron chi connectivity index (χ3n) is 4.30. The molecule has 1 atom stereocenters. The zero-order valence-corrected chi connectivity index (χ0v) is 17.3. The molecule has 174 valence electrons. The van der Waals surface area contributed by atoms with Crippen LogP contribution in [0.25, 0.3) is 11.3 Å². The van der Waals surface area contributed by atoms with Crippen molar-refractivity contribution in [2.24, 2.45) is 0 Å². The van der Waals surface area contributed by atoms with Crippen molar-refractivity contribution in [2.75, 3.05) is 18.5 Å². The van der Waals surface area contributed by atoms with Crippen molar-refractivity contribution < 1.29 is 37.1 Å². The van der Waals surface area contributed by atoms with Gasteiger partial charge < -0.3 is 24.3 Å². The Labute approximate surface area is 186 Å². The van der Waals surface area contributed by atoms with Crippen molar-refractivity contribution >= 4 is 28.2 Å². The first-order valence-electron chi connectivity index (χ1n) is 9.24. The molecule has 1 N–H and O–H groups in total. The lowest BCUT2D eigenvalue weighted by Gasteiger charge is -2.21. The number of nitro groups is 1. The van der Waals surface area contributed by atoms with Crippen LogP contribution in [0.3, 0.4) is 0 Å². The van der Waals surface area contributed by atoms with Gasteiger partial charge >= 0.3 is 18.2 Å². The molecule has 0 saturated carbocycles. The fraction of sp³-hybridized carbons (Fsp3) is 0.278. The molecule has 15 heteroatoms. The molecule has 0 bridgehead atoms. The average Bonchev–Trinajstić information content (AvgIpc) is 3.38. The van der Waals surface area contributed by atoms with E-state index in [1.165, 1.54) is 35.0 Å². The van der Waals surface area contributed by atoms with Crippen molar-refractivity contribution in [1.29, 1.82) is 0 Å². The fourth-order valence-corrected chi connectivity index (χ4v) is 3.64. The van der Waals surface area contributed by atoms with Crippen LogP contribution in [-0.4, -0.2) is 51.0 Å². The number of carbonyl (C=O) groups is 1. The van der Waals surface area contributed by atoms with E-state index in [4.69, 9.17) is 9.47 Å². The lowest BCUT2D eigenvalue weighted by atomic mass is 10.2. The Morgan fingerprint density at radius 2 is 2.09 bits per heavy atom. The molecule has 2 aromatic heterocycles. The van der Waals surface area contributed by atoms with Gasteiger partial charge in [0.25, 0.3) is 5.91 Å². The van der Waals surface area contributed by atoms with Crippen molar-refractivity contribution in [2.45, 2.75) is 19.0 Å². The zero-order valence-electron chi connectivity index (χ0n) is 16.4. The molecule has 3 heterocycles. The summed E-state index contributed by atoms with van der Waals surface area (Å²) in [7, 11) is 0. The molecule has 11 nitrogen and oxygen atoms in total. The second kappa shape index (κ2) is 9.03. The van der Waals surface area contributed by atoms with Crippen LogP contribution in [0.1, 0.15) is 0 Å². The first kappa shape index (κ1) is 22.5. The van der Waals surface area contributed by atoms with Gasteiger partial charge in [0, 0.05) is 15.9 Å². The van der Waals surface area contributed by atoms with Gasteiger partial charge in [-0.3, -0.25) is 14.7 Å². The van der Waals surface area contributed by atoms with E-state index in [2.05, 4.69) is 20.0 Å². The molecule has 4 rings (SSSR count).